The maximum absolute atomic E-state index is 6.52. The molecule has 2 rings (SSSR count). The van der Waals surface area contributed by atoms with Gasteiger partial charge in [0.05, 0.1) is 10.7 Å². The number of aryl methyl sites for hydroxylation is 1. The summed E-state index contributed by atoms with van der Waals surface area (Å²) < 4.78 is 0. The lowest BCUT2D eigenvalue weighted by molar-refractivity contribution is 0.403. The zero-order chi connectivity index (χ0) is 30.7. The number of likely N-dealkylation sites (N-methyl/N-ethyl adjacent to an activating group) is 1. The Labute approximate surface area is 264 Å². The maximum atomic E-state index is 6.52. The first-order valence-corrected chi connectivity index (χ1v) is 15.5. The molecular weight excluding hydrogens is 554 g/mol. The van der Waals surface area contributed by atoms with Crippen LogP contribution in [0.3, 0.4) is 0 Å². The molecule has 42 heavy (non-hydrogen) atoms. The molecule has 2 aromatic carbocycles. The second-order valence-corrected chi connectivity index (χ2v) is 11.3. The van der Waals surface area contributed by atoms with E-state index in [0.717, 1.165) is 38.3 Å². The molecule has 0 spiro atoms. The number of allylic oxidation sites excluding steroid dienone is 7. The summed E-state index contributed by atoms with van der Waals surface area (Å²) in [5.41, 5.74) is 5.85. The monoisotopic (exact) mass is 599 g/mol. The fourth-order valence-electron chi connectivity index (χ4n) is 4.39. The zero-order valence-electron chi connectivity index (χ0n) is 25.8. The lowest BCUT2D eigenvalue weighted by atomic mass is 10.2. The second kappa shape index (κ2) is 19.6. The van der Waals surface area contributed by atoms with E-state index >= 15 is 0 Å². The molecule has 0 aliphatic heterocycles. The Balaban J connectivity index is 2.68. The molecule has 0 amide bonds. The molecule has 0 aromatic heterocycles. The van der Waals surface area contributed by atoms with Crippen molar-refractivity contribution in [2.45, 2.75) is 39.1 Å². The predicted molar refractivity (Wildman–Crippen MR) is 188 cm³/mol. The Kier molecular flexibility index (Phi) is 16.3. The highest BCUT2D eigenvalue weighted by Gasteiger charge is 2.20. The molecular formula is C37H46ClN3S. The topological polar surface area (TPSA) is 18.5 Å². The number of thioether (sulfide) groups is 1. The molecule has 0 atom stereocenters. The Bertz CT molecular complexity index is 1310. The zero-order valence-corrected chi connectivity index (χ0v) is 27.4. The lowest BCUT2D eigenvalue weighted by Crippen LogP contribution is -2.32. The molecule has 0 bridgehead atoms. The summed E-state index contributed by atoms with van der Waals surface area (Å²) in [7, 11) is 2.15. The smallest absolute Gasteiger partial charge is 0.0968 e. The van der Waals surface area contributed by atoms with E-state index in [0.29, 0.717) is 19.6 Å². The van der Waals surface area contributed by atoms with Crippen molar-refractivity contribution in [3.05, 3.63) is 161 Å². The van der Waals surface area contributed by atoms with Crippen molar-refractivity contribution in [1.29, 1.82) is 0 Å². The minimum absolute atomic E-state index is 0.634. The van der Waals surface area contributed by atoms with Crippen LogP contribution in [0.5, 0.6) is 0 Å². The summed E-state index contributed by atoms with van der Waals surface area (Å²) in [6.45, 7) is 19.1. The van der Waals surface area contributed by atoms with Crippen LogP contribution in [0, 0.1) is 6.92 Å². The number of hydrogen-bond acceptors (Lipinski definition) is 4. The van der Waals surface area contributed by atoms with Crippen LogP contribution in [-0.4, -0.2) is 36.5 Å². The number of halogens is 1. The van der Waals surface area contributed by atoms with E-state index in [2.05, 4.69) is 122 Å². The van der Waals surface area contributed by atoms with Crippen LogP contribution >= 0.6 is 23.4 Å². The summed E-state index contributed by atoms with van der Waals surface area (Å²) in [5.74, 6) is 0. The van der Waals surface area contributed by atoms with Crippen molar-refractivity contribution in [3.63, 3.8) is 0 Å². The quantitative estimate of drug-likeness (QED) is 0.144. The number of nitrogens with zero attached hydrogens (tertiary/aromatic N) is 2. The van der Waals surface area contributed by atoms with Gasteiger partial charge in [0.1, 0.15) is 0 Å². The standard InChI is InChI=1S/C37H46ClN3S/c1-8-13-20-32(19-11-4)28-40(7)37(42-35-24-30(6)23-34(38)25-35)36(27-39-26-31(17-9-2)18-10-3)41(12-5)29-33-21-15-14-16-22-33/h8-25,39H,2,5,26-29H2,1,3-4,6-7H3/b13-8-,18-10-,19-11-,31-17+,32-20+,37-36+. The third-order valence-electron chi connectivity index (χ3n) is 6.22. The predicted octanol–water partition coefficient (Wildman–Crippen LogP) is 9.84. The van der Waals surface area contributed by atoms with Gasteiger partial charge in [-0.25, -0.2) is 0 Å². The van der Waals surface area contributed by atoms with Crippen molar-refractivity contribution in [1.82, 2.24) is 15.1 Å². The van der Waals surface area contributed by atoms with Crippen LogP contribution in [-0.2, 0) is 6.54 Å². The molecule has 1 N–H and O–H groups in total. The molecule has 3 nitrogen and oxygen atoms in total. The van der Waals surface area contributed by atoms with Crippen LogP contribution in [0.15, 0.2) is 149 Å². The minimum atomic E-state index is 0.634. The summed E-state index contributed by atoms with van der Waals surface area (Å²) >= 11 is 8.25. The van der Waals surface area contributed by atoms with E-state index in [-0.39, 0.29) is 0 Å². The first-order valence-electron chi connectivity index (χ1n) is 14.3. The molecule has 0 saturated heterocycles. The van der Waals surface area contributed by atoms with Gasteiger partial charge in [-0.2, -0.15) is 0 Å². The molecule has 0 aliphatic carbocycles. The van der Waals surface area contributed by atoms with Gasteiger partial charge in [-0.05, 0) is 74.4 Å². The molecule has 0 aliphatic rings. The summed E-state index contributed by atoms with van der Waals surface area (Å²) in [5, 5.41) is 5.55. The second-order valence-electron chi connectivity index (χ2n) is 9.82. The average molecular weight is 600 g/mol. The van der Waals surface area contributed by atoms with E-state index in [1.807, 2.05) is 50.4 Å². The van der Waals surface area contributed by atoms with Gasteiger partial charge in [0.15, 0.2) is 0 Å². The van der Waals surface area contributed by atoms with Gasteiger partial charge in [0, 0.05) is 43.1 Å². The van der Waals surface area contributed by atoms with E-state index in [9.17, 15) is 0 Å². The largest absolute Gasteiger partial charge is 0.363 e. The van der Waals surface area contributed by atoms with Gasteiger partial charge in [0.2, 0.25) is 0 Å². The maximum Gasteiger partial charge on any atom is 0.0968 e. The Morgan fingerprint density at radius 2 is 1.64 bits per heavy atom. The summed E-state index contributed by atoms with van der Waals surface area (Å²) in [6, 6.07) is 16.7. The normalized spacial score (nSPS) is 13.2. The number of benzene rings is 2. The van der Waals surface area contributed by atoms with Crippen LogP contribution in [0.25, 0.3) is 0 Å². The molecule has 5 heteroatoms. The van der Waals surface area contributed by atoms with Crippen LogP contribution in [0.4, 0.5) is 0 Å². The highest BCUT2D eigenvalue weighted by Crippen LogP contribution is 2.35. The molecule has 222 valence electrons. The van der Waals surface area contributed by atoms with Gasteiger partial charge < -0.3 is 15.1 Å². The molecule has 2 aromatic rings. The third-order valence-corrected chi connectivity index (χ3v) is 7.65. The minimum Gasteiger partial charge on any atom is -0.363 e. The average Bonchev–Trinajstić information content (AvgIpc) is 2.96. The van der Waals surface area contributed by atoms with Crippen molar-refractivity contribution in [3.8, 4) is 0 Å². The lowest BCUT2D eigenvalue weighted by Gasteiger charge is -2.32. The fourth-order valence-corrected chi connectivity index (χ4v) is 5.92. The molecule has 0 heterocycles. The van der Waals surface area contributed by atoms with Gasteiger partial charge in [-0.3, -0.25) is 0 Å². The summed E-state index contributed by atoms with van der Waals surface area (Å²) in [4.78, 5) is 5.66. The van der Waals surface area contributed by atoms with E-state index in [1.165, 1.54) is 11.1 Å². The fraction of sp³-hybridized carbons (Fsp3) is 0.243. The van der Waals surface area contributed by atoms with Crippen molar-refractivity contribution in [2.24, 2.45) is 0 Å². The third kappa shape index (κ3) is 12.2. The highest BCUT2D eigenvalue weighted by molar-refractivity contribution is 8.03. The molecule has 0 radical (unpaired) electrons. The van der Waals surface area contributed by atoms with Crippen LogP contribution < -0.4 is 5.32 Å². The SMILES string of the molecule is C=C/C=C(\C=C/C)CNC/C(=C(\Sc1cc(C)cc(Cl)c1)N(C)CC(/C=C\C)=C/C=C\C)N(C=C)Cc1ccccc1. The summed E-state index contributed by atoms with van der Waals surface area (Å²) in [6.07, 6.45) is 20.5. The number of nitrogens with one attached hydrogen (secondary N) is 1. The van der Waals surface area contributed by atoms with Crippen molar-refractivity contribution < 1.29 is 0 Å². The van der Waals surface area contributed by atoms with Crippen LogP contribution in [0.1, 0.15) is 31.9 Å². The van der Waals surface area contributed by atoms with Crippen molar-refractivity contribution >= 4 is 23.4 Å². The molecule has 0 unspecified atom stereocenters. The van der Waals surface area contributed by atoms with E-state index < -0.39 is 0 Å². The van der Waals surface area contributed by atoms with E-state index in [1.54, 1.807) is 11.8 Å². The van der Waals surface area contributed by atoms with Crippen LogP contribution in [0.2, 0.25) is 5.02 Å². The first-order chi connectivity index (χ1) is 20.3. The van der Waals surface area contributed by atoms with Crippen molar-refractivity contribution in [2.75, 3.05) is 26.7 Å². The Hall–Kier alpha value is -3.44. The first kappa shape index (κ1) is 34.8. The number of hydrogen-bond donors (Lipinski definition) is 1. The van der Waals surface area contributed by atoms with Gasteiger partial charge >= 0.3 is 0 Å². The van der Waals surface area contributed by atoms with Gasteiger partial charge in [-0.15, -0.1) is 0 Å². The van der Waals surface area contributed by atoms with Gasteiger partial charge in [0.25, 0.3) is 0 Å². The Morgan fingerprint density at radius 1 is 0.929 bits per heavy atom. The Morgan fingerprint density at radius 3 is 2.26 bits per heavy atom. The van der Waals surface area contributed by atoms with E-state index in [4.69, 9.17) is 11.6 Å². The highest BCUT2D eigenvalue weighted by atomic mass is 35.5. The molecule has 0 fully saturated rings. The molecule has 0 saturated carbocycles. The van der Waals surface area contributed by atoms with Gasteiger partial charge in [-0.1, -0.05) is 122 Å². The number of rotatable bonds is 17.